The Morgan fingerprint density at radius 1 is 1.21 bits per heavy atom. The van der Waals surface area contributed by atoms with Crippen LogP contribution in [0.1, 0.15) is 31.9 Å². The van der Waals surface area contributed by atoms with Crippen molar-refractivity contribution in [3.05, 3.63) is 59.1 Å². The molecule has 0 heterocycles. The molecule has 0 aromatic heterocycles. The molecule has 0 aliphatic heterocycles. The molecule has 6 nitrogen and oxygen atoms in total. The second-order valence-electron chi connectivity index (χ2n) is 6.43. The molecule has 2 aromatic rings. The van der Waals surface area contributed by atoms with Crippen LogP contribution < -0.4 is 14.4 Å². The van der Waals surface area contributed by atoms with Crippen molar-refractivity contribution in [2.24, 2.45) is 0 Å². The molecule has 2 atom stereocenters. The number of benzene rings is 2. The van der Waals surface area contributed by atoms with Crippen LogP contribution in [0.2, 0.25) is 5.02 Å². The Hall–Kier alpha value is -2.25. The maximum Gasteiger partial charge on any atom is 0.244 e. The summed E-state index contributed by atoms with van der Waals surface area (Å²) < 4.78 is 31.4. The van der Waals surface area contributed by atoms with E-state index in [0.717, 1.165) is 16.1 Å². The summed E-state index contributed by atoms with van der Waals surface area (Å²) in [6.45, 7) is 3.49. The van der Waals surface area contributed by atoms with Crippen molar-refractivity contribution in [3.8, 4) is 5.75 Å². The minimum Gasteiger partial charge on any atom is -0.495 e. The average molecular weight is 425 g/mol. The molecule has 0 spiro atoms. The SMILES string of the molecule is CC[C@@H](NC(=O)[C@H](C)N(c1cc(Cl)ccc1OC)S(C)(=O)=O)c1ccccc1. The van der Waals surface area contributed by atoms with E-state index in [9.17, 15) is 13.2 Å². The number of anilines is 1. The lowest BCUT2D eigenvalue weighted by atomic mass is 10.0. The van der Waals surface area contributed by atoms with Crippen molar-refractivity contribution in [1.29, 1.82) is 0 Å². The topological polar surface area (TPSA) is 75.7 Å². The second kappa shape index (κ2) is 9.30. The summed E-state index contributed by atoms with van der Waals surface area (Å²) in [5.41, 5.74) is 1.17. The van der Waals surface area contributed by atoms with Gasteiger partial charge in [0.05, 0.1) is 25.1 Å². The number of carbonyl (C=O) groups excluding carboxylic acids is 1. The Balaban J connectivity index is 2.37. The molecular weight excluding hydrogens is 400 g/mol. The van der Waals surface area contributed by atoms with E-state index < -0.39 is 22.0 Å². The van der Waals surface area contributed by atoms with E-state index in [1.807, 2.05) is 37.3 Å². The van der Waals surface area contributed by atoms with Gasteiger partial charge in [-0.2, -0.15) is 0 Å². The molecule has 2 rings (SSSR count). The minimum atomic E-state index is -3.78. The predicted molar refractivity (Wildman–Crippen MR) is 112 cm³/mol. The second-order valence-corrected chi connectivity index (χ2v) is 8.73. The third kappa shape index (κ3) is 5.17. The maximum atomic E-state index is 12.9. The molecule has 0 aliphatic carbocycles. The quantitative estimate of drug-likeness (QED) is 0.699. The Labute approximate surface area is 171 Å². The summed E-state index contributed by atoms with van der Waals surface area (Å²) in [4.78, 5) is 12.9. The lowest BCUT2D eigenvalue weighted by molar-refractivity contribution is -0.122. The highest BCUT2D eigenvalue weighted by Crippen LogP contribution is 2.34. The van der Waals surface area contributed by atoms with E-state index in [1.54, 1.807) is 12.1 Å². The Kier molecular flexibility index (Phi) is 7.32. The normalized spacial score (nSPS) is 13.5. The summed E-state index contributed by atoms with van der Waals surface area (Å²) >= 11 is 6.06. The molecule has 0 radical (unpaired) electrons. The Morgan fingerprint density at radius 2 is 1.86 bits per heavy atom. The number of ether oxygens (including phenoxy) is 1. The molecule has 0 saturated heterocycles. The minimum absolute atomic E-state index is 0.216. The van der Waals surface area contributed by atoms with E-state index in [1.165, 1.54) is 20.1 Å². The number of hydrogen-bond donors (Lipinski definition) is 1. The molecule has 0 saturated carbocycles. The molecule has 0 fully saturated rings. The van der Waals surface area contributed by atoms with Gasteiger partial charge in [0.15, 0.2) is 0 Å². The first kappa shape index (κ1) is 22.0. The highest BCUT2D eigenvalue weighted by molar-refractivity contribution is 7.92. The summed E-state index contributed by atoms with van der Waals surface area (Å²) in [6.07, 6.45) is 1.72. The lowest BCUT2D eigenvalue weighted by Gasteiger charge is -2.30. The fourth-order valence-electron chi connectivity index (χ4n) is 3.02. The van der Waals surface area contributed by atoms with Gasteiger partial charge in [0.1, 0.15) is 11.8 Å². The van der Waals surface area contributed by atoms with Crippen molar-refractivity contribution in [1.82, 2.24) is 5.32 Å². The lowest BCUT2D eigenvalue weighted by Crippen LogP contribution is -2.48. The Morgan fingerprint density at radius 3 is 2.39 bits per heavy atom. The number of nitrogens with one attached hydrogen (secondary N) is 1. The molecular formula is C20H25ClN2O4S. The van der Waals surface area contributed by atoms with Gasteiger partial charge in [0.25, 0.3) is 0 Å². The van der Waals surface area contributed by atoms with Gasteiger partial charge in [-0.15, -0.1) is 0 Å². The fourth-order valence-corrected chi connectivity index (χ4v) is 4.35. The number of halogens is 1. The maximum absolute atomic E-state index is 12.9. The molecule has 0 bridgehead atoms. The highest BCUT2D eigenvalue weighted by atomic mass is 35.5. The number of rotatable bonds is 8. The smallest absolute Gasteiger partial charge is 0.244 e. The van der Waals surface area contributed by atoms with Crippen molar-refractivity contribution in [3.63, 3.8) is 0 Å². The molecule has 28 heavy (non-hydrogen) atoms. The summed E-state index contributed by atoms with van der Waals surface area (Å²) in [5.74, 6) is -0.104. The number of amides is 1. The number of hydrogen-bond acceptors (Lipinski definition) is 4. The first-order valence-corrected chi connectivity index (χ1v) is 11.1. The van der Waals surface area contributed by atoms with Gasteiger partial charge >= 0.3 is 0 Å². The van der Waals surface area contributed by atoms with Gasteiger partial charge < -0.3 is 10.1 Å². The van der Waals surface area contributed by atoms with Crippen molar-refractivity contribution in [2.75, 3.05) is 17.7 Å². The van der Waals surface area contributed by atoms with E-state index in [0.29, 0.717) is 17.2 Å². The van der Waals surface area contributed by atoms with Crippen LogP contribution in [0, 0.1) is 0 Å². The molecule has 152 valence electrons. The van der Waals surface area contributed by atoms with Crippen molar-refractivity contribution < 1.29 is 17.9 Å². The largest absolute Gasteiger partial charge is 0.495 e. The highest BCUT2D eigenvalue weighted by Gasteiger charge is 2.32. The number of carbonyl (C=O) groups is 1. The zero-order valence-corrected chi connectivity index (χ0v) is 17.9. The van der Waals surface area contributed by atoms with E-state index >= 15 is 0 Å². The van der Waals surface area contributed by atoms with Crippen LogP contribution in [-0.2, 0) is 14.8 Å². The molecule has 1 amide bonds. The van der Waals surface area contributed by atoms with E-state index in [2.05, 4.69) is 5.32 Å². The molecule has 0 aliphatic rings. The van der Waals surface area contributed by atoms with Crippen LogP contribution in [0.4, 0.5) is 5.69 Å². The van der Waals surface area contributed by atoms with Crippen LogP contribution in [-0.4, -0.2) is 33.7 Å². The molecule has 1 N–H and O–H groups in total. The van der Waals surface area contributed by atoms with Crippen LogP contribution in [0.25, 0.3) is 0 Å². The Bertz CT molecular complexity index is 919. The standard InChI is InChI=1S/C20H25ClN2O4S/c1-5-17(15-9-7-6-8-10-15)22-20(24)14(2)23(28(4,25)26)18-13-16(21)11-12-19(18)27-3/h6-14,17H,5H2,1-4H3,(H,22,24)/t14-,17+/m0/s1. The van der Waals surface area contributed by atoms with Gasteiger partial charge in [0.2, 0.25) is 15.9 Å². The predicted octanol–water partition coefficient (Wildman–Crippen LogP) is 3.77. The average Bonchev–Trinajstić information content (AvgIpc) is 2.65. The van der Waals surface area contributed by atoms with Gasteiger partial charge in [-0.25, -0.2) is 8.42 Å². The first-order valence-electron chi connectivity index (χ1n) is 8.87. The van der Waals surface area contributed by atoms with Crippen LogP contribution in [0.3, 0.4) is 0 Å². The fraction of sp³-hybridized carbons (Fsp3) is 0.350. The van der Waals surface area contributed by atoms with Crippen LogP contribution >= 0.6 is 11.6 Å². The molecule has 8 heteroatoms. The number of nitrogens with zero attached hydrogens (tertiary/aromatic N) is 1. The van der Waals surface area contributed by atoms with Gasteiger partial charge in [0, 0.05) is 5.02 Å². The summed E-state index contributed by atoms with van der Waals surface area (Å²) in [6, 6.07) is 13.0. The molecule has 2 aromatic carbocycles. The third-order valence-corrected chi connectivity index (χ3v) is 5.86. The molecule has 0 unspecified atom stereocenters. The van der Waals surface area contributed by atoms with Gasteiger partial charge in [-0.3, -0.25) is 9.10 Å². The van der Waals surface area contributed by atoms with Crippen LogP contribution in [0.15, 0.2) is 48.5 Å². The van der Waals surface area contributed by atoms with Gasteiger partial charge in [-0.05, 0) is 37.1 Å². The summed E-state index contributed by atoms with van der Waals surface area (Å²) in [5, 5.41) is 3.28. The number of sulfonamides is 1. The monoisotopic (exact) mass is 424 g/mol. The zero-order valence-electron chi connectivity index (χ0n) is 16.3. The first-order chi connectivity index (χ1) is 13.2. The van der Waals surface area contributed by atoms with Crippen LogP contribution in [0.5, 0.6) is 5.75 Å². The number of methoxy groups -OCH3 is 1. The zero-order chi connectivity index (χ0) is 20.9. The van der Waals surface area contributed by atoms with Crippen molar-refractivity contribution in [2.45, 2.75) is 32.4 Å². The van der Waals surface area contributed by atoms with E-state index in [4.69, 9.17) is 16.3 Å². The third-order valence-electron chi connectivity index (χ3n) is 4.39. The van der Waals surface area contributed by atoms with Crippen molar-refractivity contribution >= 4 is 33.2 Å². The summed E-state index contributed by atoms with van der Waals surface area (Å²) in [7, 11) is -2.35. The van der Waals surface area contributed by atoms with Gasteiger partial charge in [-0.1, -0.05) is 48.9 Å². The van der Waals surface area contributed by atoms with E-state index in [-0.39, 0.29) is 11.7 Å².